The number of rotatable bonds is 5. The number of nitriles is 1. The summed E-state index contributed by atoms with van der Waals surface area (Å²) in [5.41, 5.74) is 0.313. The fourth-order valence-electron chi connectivity index (χ4n) is 7.65. The number of anilines is 1. The summed E-state index contributed by atoms with van der Waals surface area (Å²) in [6.45, 7) is 13.3. The number of hydrogen-bond acceptors (Lipinski definition) is 9. The summed E-state index contributed by atoms with van der Waals surface area (Å²) in [7, 11) is 0. The Labute approximate surface area is 270 Å². The molecule has 1 aromatic carbocycles. The van der Waals surface area contributed by atoms with E-state index in [1.54, 1.807) is 30.5 Å². The molecule has 0 aliphatic carbocycles. The van der Waals surface area contributed by atoms with Crippen molar-refractivity contribution < 1.29 is 18.7 Å². The number of amides is 1. The van der Waals surface area contributed by atoms with Gasteiger partial charge in [-0.15, -0.1) is 0 Å². The maximum absolute atomic E-state index is 16.4. The van der Waals surface area contributed by atoms with E-state index in [0.29, 0.717) is 42.0 Å². The van der Waals surface area contributed by atoms with Gasteiger partial charge in [0.1, 0.15) is 29.2 Å². The van der Waals surface area contributed by atoms with Crippen molar-refractivity contribution in [2.24, 2.45) is 0 Å². The summed E-state index contributed by atoms with van der Waals surface area (Å²) >= 11 is 0. The van der Waals surface area contributed by atoms with Crippen LogP contribution in [0.25, 0.3) is 22.2 Å². The van der Waals surface area contributed by atoms with Crippen molar-refractivity contribution in [3.8, 4) is 23.3 Å². The Morgan fingerprint density at radius 1 is 1.09 bits per heavy atom. The summed E-state index contributed by atoms with van der Waals surface area (Å²) in [5.74, 6) is -0.0694. The second-order valence-electron chi connectivity index (χ2n) is 13.6. The van der Waals surface area contributed by atoms with Crippen molar-refractivity contribution in [3.05, 3.63) is 41.8 Å². The highest BCUT2D eigenvalue weighted by atomic mass is 19.1. The molecule has 6 heterocycles. The average Bonchev–Trinajstić information content (AvgIpc) is 3.71. The van der Waals surface area contributed by atoms with Crippen LogP contribution in [0.15, 0.2) is 30.5 Å². The van der Waals surface area contributed by atoms with Crippen LogP contribution >= 0.6 is 0 Å². The number of pyridine rings is 1. The average molecular weight is 630 g/mol. The quantitative estimate of drug-likeness (QED) is 0.320. The fourth-order valence-corrected chi connectivity index (χ4v) is 7.65. The molecule has 2 aromatic heterocycles. The molecule has 46 heavy (non-hydrogen) atoms. The second-order valence-corrected chi connectivity index (χ2v) is 13.6. The molecule has 4 fully saturated rings. The maximum Gasteiger partial charge on any atom is 0.410 e. The highest BCUT2D eigenvalue weighted by molar-refractivity contribution is 5.92. The number of ether oxygens (including phenoxy) is 2. The summed E-state index contributed by atoms with van der Waals surface area (Å²) < 4.78 is 28.5. The van der Waals surface area contributed by atoms with Gasteiger partial charge in [-0.1, -0.05) is 32.0 Å². The van der Waals surface area contributed by atoms with Gasteiger partial charge in [-0.2, -0.15) is 15.2 Å². The van der Waals surface area contributed by atoms with E-state index in [1.807, 2.05) is 39.5 Å². The first-order valence-corrected chi connectivity index (χ1v) is 16.7. The van der Waals surface area contributed by atoms with Crippen molar-refractivity contribution in [3.63, 3.8) is 0 Å². The summed E-state index contributed by atoms with van der Waals surface area (Å²) in [6, 6.07) is 9.01. The lowest BCUT2D eigenvalue weighted by Crippen LogP contribution is -2.57. The third-order valence-electron chi connectivity index (χ3n) is 9.61. The fraction of sp³-hybridized carbons (Fsp3) is 0.571. The molecule has 4 aliphatic rings. The van der Waals surface area contributed by atoms with E-state index in [-0.39, 0.29) is 40.9 Å². The maximum atomic E-state index is 16.4. The Hall–Kier alpha value is -4.04. The molecule has 1 amide bonds. The Bertz CT molecular complexity index is 1630. The van der Waals surface area contributed by atoms with Crippen molar-refractivity contribution in [2.75, 3.05) is 37.7 Å². The van der Waals surface area contributed by atoms with Gasteiger partial charge in [0.2, 0.25) is 0 Å². The van der Waals surface area contributed by atoms with Gasteiger partial charge in [0, 0.05) is 24.8 Å². The largest absolute Gasteiger partial charge is 0.461 e. The Kier molecular flexibility index (Phi) is 8.77. The van der Waals surface area contributed by atoms with Crippen molar-refractivity contribution in [2.45, 2.75) is 96.4 Å². The number of halogens is 1. The lowest BCUT2D eigenvalue weighted by Gasteiger charge is -2.42. The van der Waals surface area contributed by atoms with Gasteiger partial charge in [-0.3, -0.25) is 14.8 Å². The molecule has 2 bridgehead atoms. The van der Waals surface area contributed by atoms with Crippen LogP contribution in [0.2, 0.25) is 0 Å². The Balaban J connectivity index is 0.00000182. The van der Waals surface area contributed by atoms with Crippen LogP contribution in [0.1, 0.15) is 78.7 Å². The molecule has 11 heteroatoms. The van der Waals surface area contributed by atoms with Gasteiger partial charge >= 0.3 is 12.1 Å². The van der Waals surface area contributed by atoms with Gasteiger partial charge in [0.25, 0.3) is 0 Å². The van der Waals surface area contributed by atoms with Crippen LogP contribution in [-0.4, -0.2) is 86.9 Å². The number of aromatic nitrogens is 3. The van der Waals surface area contributed by atoms with Crippen molar-refractivity contribution in [1.29, 1.82) is 5.26 Å². The summed E-state index contributed by atoms with van der Waals surface area (Å²) in [4.78, 5) is 33.6. The molecule has 0 saturated carbocycles. The minimum absolute atomic E-state index is 0.0235. The van der Waals surface area contributed by atoms with E-state index in [0.717, 1.165) is 51.6 Å². The molecule has 2 unspecified atom stereocenters. The van der Waals surface area contributed by atoms with Gasteiger partial charge in [0.05, 0.1) is 34.6 Å². The van der Waals surface area contributed by atoms with Crippen molar-refractivity contribution in [1.82, 2.24) is 24.8 Å². The highest BCUT2D eigenvalue weighted by Crippen LogP contribution is 2.41. The monoisotopic (exact) mass is 629 g/mol. The second kappa shape index (κ2) is 12.6. The van der Waals surface area contributed by atoms with Crippen LogP contribution in [0.5, 0.6) is 6.01 Å². The van der Waals surface area contributed by atoms with Gasteiger partial charge < -0.3 is 14.4 Å². The molecule has 4 saturated heterocycles. The van der Waals surface area contributed by atoms with E-state index < -0.39 is 11.4 Å². The van der Waals surface area contributed by atoms with E-state index in [1.165, 1.54) is 0 Å². The molecule has 2 atom stereocenters. The minimum atomic E-state index is -0.615. The first kappa shape index (κ1) is 31.9. The molecular weight excluding hydrogens is 585 g/mol. The third kappa shape index (κ3) is 5.83. The number of piperazine rings is 1. The Morgan fingerprint density at radius 3 is 2.41 bits per heavy atom. The molecule has 0 N–H and O–H groups in total. The molecule has 3 aromatic rings. The number of nitrogens with zero attached hydrogens (tertiary/aromatic N) is 7. The van der Waals surface area contributed by atoms with Crippen molar-refractivity contribution >= 4 is 22.8 Å². The first-order chi connectivity index (χ1) is 22.2. The zero-order chi connectivity index (χ0) is 32.6. The zero-order valence-electron chi connectivity index (χ0n) is 27.6. The van der Waals surface area contributed by atoms with E-state index in [9.17, 15) is 10.1 Å². The van der Waals surface area contributed by atoms with Crippen LogP contribution in [-0.2, 0) is 4.74 Å². The topological polar surface area (TPSA) is 108 Å². The number of carbonyl (C=O) groups is 1. The van der Waals surface area contributed by atoms with Crippen LogP contribution < -0.4 is 9.64 Å². The highest BCUT2D eigenvalue weighted by Gasteiger charge is 2.46. The molecular formula is C35H44FN7O3. The van der Waals surface area contributed by atoms with Crippen LogP contribution in [0.4, 0.5) is 15.0 Å². The molecule has 4 aliphatic heterocycles. The van der Waals surface area contributed by atoms with E-state index >= 15 is 4.39 Å². The van der Waals surface area contributed by atoms with Crippen LogP contribution in [0.3, 0.4) is 0 Å². The summed E-state index contributed by atoms with van der Waals surface area (Å²) in [6.07, 6.45) is 7.41. The van der Waals surface area contributed by atoms with Gasteiger partial charge in [-0.05, 0) is 78.5 Å². The molecule has 7 rings (SSSR count). The normalized spacial score (nSPS) is 21.8. The number of carbonyl (C=O) groups excluding carboxylic acids is 1. The predicted molar refractivity (Wildman–Crippen MR) is 174 cm³/mol. The standard InChI is InChI=1S/C33H38FN7O3.C2H6/c1-32(2,3)44-31(42)41-22-10-11-23(41)19-39(18-22)29-25-17-36-27(24-9-5-4-8-21(24)16-35)26(34)28(25)37-30(38-29)43-20-33-12-6-14-40(33)15-7-13-33;1-2/h4-5,8-9,17,22-23H,6-7,10-15,18-20H2,1-3H3;1-2H3. The third-order valence-corrected chi connectivity index (χ3v) is 9.61. The van der Waals surface area contributed by atoms with Gasteiger partial charge in [-0.25, -0.2) is 9.18 Å². The molecule has 10 nitrogen and oxygen atoms in total. The number of benzene rings is 1. The lowest BCUT2D eigenvalue weighted by atomic mass is 9.95. The van der Waals surface area contributed by atoms with Gasteiger partial charge in [0.15, 0.2) is 5.82 Å². The molecule has 0 spiro atoms. The Morgan fingerprint density at radius 2 is 1.76 bits per heavy atom. The minimum Gasteiger partial charge on any atom is -0.461 e. The van der Waals surface area contributed by atoms with E-state index in [2.05, 4.69) is 25.8 Å². The SMILES string of the molecule is CC.CC(C)(C)OC(=O)N1C2CCC1CN(c1nc(OCC34CCCN3CCC4)nc3c(F)c(-c4ccccc4C#N)ncc13)C2. The number of hydrogen-bond donors (Lipinski definition) is 0. The first-order valence-electron chi connectivity index (χ1n) is 16.7. The summed E-state index contributed by atoms with van der Waals surface area (Å²) in [5, 5.41) is 10.1. The lowest BCUT2D eigenvalue weighted by molar-refractivity contribution is 0.0122. The zero-order valence-corrected chi connectivity index (χ0v) is 27.6. The van der Waals surface area contributed by atoms with E-state index in [4.69, 9.17) is 14.5 Å². The molecule has 0 radical (unpaired) electrons. The van der Waals surface area contributed by atoms with Crippen LogP contribution in [0, 0.1) is 17.1 Å². The predicted octanol–water partition coefficient (Wildman–Crippen LogP) is 6.32. The smallest absolute Gasteiger partial charge is 0.410 e. The molecule has 244 valence electrons. The number of fused-ring (bicyclic) bond motifs is 4.